The lowest BCUT2D eigenvalue weighted by Gasteiger charge is -2.22. The second-order valence-electron chi connectivity index (χ2n) is 4.83. The van der Waals surface area contributed by atoms with Crippen LogP contribution in [0.4, 0.5) is 0 Å². The Kier molecular flexibility index (Phi) is 3.81. The molecule has 0 radical (unpaired) electrons. The van der Waals surface area contributed by atoms with Gasteiger partial charge in [0.2, 0.25) is 0 Å². The predicted octanol–water partition coefficient (Wildman–Crippen LogP) is 2.46. The number of hydrogen-bond acceptors (Lipinski definition) is 3. The number of ether oxygens (including phenoxy) is 2. The van der Waals surface area contributed by atoms with Crippen molar-refractivity contribution in [3.05, 3.63) is 23.3 Å². The maximum Gasteiger partial charge on any atom is 0.165 e. The third-order valence-corrected chi connectivity index (χ3v) is 2.64. The fourth-order valence-corrected chi connectivity index (χ4v) is 1.63. The Hall–Kier alpha value is -1.22. The van der Waals surface area contributed by atoms with Crippen molar-refractivity contribution in [3.63, 3.8) is 0 Å². The highest BCUT2D eigenvalue weighted by Gasteiger charge is 2.19. The van der Waals surface area contributed by atoms with Gasteiger partial charge in [-0.25, -0.2) is 0 Å². The van der Waals surface area contributed by atoms with Crippen LogP contribution >= 0.6 is 0 Å². The first-order valence-corrected chi connectivity index (χ1v) is 5.39. The van der Waals surface area contributed by atoms with Crippen LogP contribution in [-0.2, 0) is 12.0 Å². The standard InChI is InChI=1S/C13H21NO2/c1-13(2,3)10-6-9(8-14)12(16-5)11(7-10)15-4/h6-7H,8,14H2,1-5H3. The van der Waals surface area contributed by atoms with E-state index in [0.717, 1.165) is 17.1 Å². The largest absolute Gasteiger partial charge is 0.493 e. The van der Waals surface area contributed by atoms with E-state index in [2.05, 4.69) is 26.8 Å². The first kappa shape index (κ1) is 12.8. The van der Waals surface area contributed by atoms with Crippen LogP contribution in [0.15, 0.2) is 12.1 Å². The molecule has 0 bridgehead atoms. The van der Waals surface area contributed by atoms with Gasteiger partial charge in [-0.15, -0.1) is 0 Å². The topological polar surface area (TPSA) is 44.5 Å². The van der Waals surface area contributed by atoms with Crippen molar-refractivity contribution in [2.24, 2.45) is 5.73 Å². The van der Waals surface area contributed by atoms with Crippen LogP contribution < -0.4 is 15.2 Å². The van der Waals surface area contributed by atoms with Crippen LogP contribution in [0.5, 0.6) is 11.5 Å². The molecule has 0 saturated heterocycles. The molecule has 1 rings (SSSR count). The summed E-state index contributed by atoms with van der Waals surface area (Å²) in [6.07, 6.45) is 0. The van der Waals surface area contributed by atoms with Crippen molar-refractivity contribution in [1.29, 1.82) is 0 Å². The van der Waals surface area contributed by atoms with Crippen LogP contribution in [0.3, 0.4) is 0 Å². The number of methoxy groups -OCH3 is 2. The molecule has 3 nitrogen and oxygen atoms in total. The zero-order valence-corrected chi connectivity index (χ0v) is 10.8. The average molecular weight is 223 g/mol. The molecule has 0 heterocycles. The molecule has 1 aromatic carbocycles. The summed E-state index contributed by atoms with van der Waals surface area (Å²) >= 11 is 0. The molecule has 1 aromatic rings. The van der Waals surface area contributed by atoms with Gasteiger partial charge in [0.25, 0.3) is 0 Å². The van der Waals surface area contributed by atoms with Gasteiger partial charge in [0.15, 0.2) is 11.5 Å². The Labute approximate surface area is 97.6 Å². The zero-order chi connectivity index (χ0) is 12.3. The molecule has 0 saturated carbocycles. The molecule has 0 aromatic heterocycles. The Bertz CT molecular complexity index is 342. The molecule has 0 spiro atoms. The molecule has 0 aliphatic carbocycles. The fraction of sp³-hybridized carbons (Fsp3) is 0.538. The summed E-state index contributed by atoms with van der Waals surface area (Å²) in [7, 11) is 3.28. The summed E-state index contributed by atoms with van der Waals surface area (Å²) in [4.78, 5) is 0. The minimum absolute atomic E-state index is 0.0729. The maximum absolute atomic E-state index is 5.73. The summed E-state index contributed by atoms with van der Waals surface area (Å²) in [6, 6.07) is 4.10. The number of nitrogens with two attached hydrogens (primary N) is 1. The molecular formula is C13H21NO2. The third kappa shape index (κ3) is 2.47. The highest BCUT2D eigenvalue weighted by Crippen LogP contribution is 2.36. The summed E-state index contributed by atoms with van der Waals surface area (Å²) in [6.45, 7) is 6.93. The van der Waals surface area contributed by atoms with Gasteiger partial charge in [-0.3, -0.25) is 0 Å². The summed E-state index contributed by atoms with van der Waals surface area (Å²) in [5, 5.41) is 0. The highest BCUT2D eigenvalue weighted by molar-refractivity contribution is 5.50. The smallest absolute Gasteiger partial charge is 0.165 e. The fourth-order valence-electron chi connectivity index (χ4n) is 1.63. The van der Waals surface area contributed by atoms with Crippen LogP contribution in [0.25, 0.3) is 0 Å². The Morgan fingerprint density at radius 2 is 1.75 bits per heavy atom. The van der Waals surface area contributed by atoms with Crippen LogP contribution in [0.1, 0.15) is 31.9 Å². The zero-order valence-electron chi connectivity index (χ0n) is 10.8. The van der Waals surface area contributed by atoms with Gasteiger partial charge in [0.1, 0.15) is 0 Å². The Morgan fingerprint density at radius 1 is 1.12 bits per heavy atom. The van der Waals surface area contributed by atoms with Gasteiger partial charge in [0.05, 0.1) is 14.2 Å². The number of rotatable bonds is 3. The first-order chi connectivity index (χ1) is 7.43. The van der Waals surface area contributed by atoms with Gasteiger partial charge in [-0.05, 0) is 17.0 Å². The van der Waals surface area contributed by atoms with Crippen molar-refractivity contribution < 1.29 is 9.47 Å². The summed E-state index contributed by atoms with van der Waals surface area (Å²) in [5.41, 5.74) is 7.98. The lowest BCUT2D eigenvalue weighted by Crippen LogP contribution is -2.13. The van der Waals surface area contributed by atoms with Gasteiger partial charge < -0.3 is 15.2 Å². The molecule has 16 heavy (non-hydrogen) atoms. The monoisotopic (exact) mass is 223 g/mol. The van der Waals surface area contributed by atoms with Crippen molar-refractivity contribution in [2.45, 2.75) is 32.7 Å². The molecule has 0 amide bonds. The van der Waals surface area contributed by atoms with Crippen molar-refractivity contribution in [1.82, 2.24) is 0 Å². The normalized spacial score (nSPS) is 11.4. The minimum atomic E-state index is 0.0729. The lowest BCUT2D eigenvalue weighted by molar-refractivity contribution is 0.350. The molecule has 90 valence electrons. The minimum Gasteiger partial charge on any atom is -0.493 e. The van der Waals surface area contributed by atoms with E-state index in [1.807, 2.05) is 6.07 Å². The molecular weight excluding hydrogens is 202 g/mol. The molecule has 0 aliphatic heterocycles. The van der Waals surface area contributed by atoms with E-state index in [4.69, 9.17) is 15.2 Å². The van der Waals surface area contributed by atoms with E-state index < -0.39 is 0 Å². The van der Waals surface area contributed by atoms with E-state index in [0.29, 0.717) is 6.54 Å². The number of hydrogen-bond donors (Lipinski definition) is 1. The van der Waals surface area contributed by atoms with E-state index in [1.165, 1.54) is 5.56 Å². The maximum atomic E-state index is 5.73. The second kappa shape index (κ2) is 4.74. The van der Waals surface area contributed by atoms with Gasteiger partial charge in [-0.2, -0.15) is 0 Å². The average Bonchev–Trinajstić information content (AvgIpc) is 2.25. The van der Waals surface area contributed by atoms with Crippen LogP contribution in [-0.4, -0.2) is 14.2 Å². The van der Waals surface area contributed by atoms with Crippen molar-refractivity contribution in [3.8, 4) is 11.5 Å². The van der Waals surface area contributed by atoms with Crippen molar-refractivity contribution >= 4 is 0 Å². The molecule has 0 aliphatic rings. The molecule has 3 heteroatoms. The molecule has 2 N–H and O–H groups in total. The van der Waals surface area contributed by atoms with E-state index in [1.54, 1.807) is 14.2 Å². The SMILES string of the molecule is COc1cc(C(C)(C)C)cc(CN)c1OC. The first-order valence-electron chi connectivity index (χ1n) is 5.39. The van der Waals surface area contributed by atoms with E-state index in [9.17, 15) is 0 Å². The van der Waals surface area contributed by atoms with Crippen LogP contribution in [0, 0.1) is 0 Å². The van der Waals surface area contributed by atoms with Gasteiger partial charge in [-0.1, -0.05) is 26.8 Å². The summed E-state index contributed by atoms with van der Waals surface area (Å²) in [5.74, 6) is 1.48. The quantitative estimate of drug-likeness (QED) is 0.856. The van der Waals surface area contributed by atoms with Gasteiger partial charge >= 0.3 is 0 Å². The van der Waals surface area contributed by atoms with Crippen molar-refractivity contribution in [2.75, 3.05) is 14.2 Å². The Balaban J connectivity index is 3.37. The Morgan fingerprint density at radius 3 is 2.12 bits per heavy atom. The van der Waals surface area contributed by atoms with E-state index >= 15 is 0 Å². The highest BCUT2D eigenvalue weighted by atomic mass is 16.5. The molecule has 0 fully saturated rings. The summed E-state index contributed by atoms with van der Waals surface area (Å²) < 4.78 is 10.7. The molecule has 0 atom stereocenters. The van der Waals surface area contributed by atoms with E-state index in [-0.39, 0.29) is 5.41 Å². The lowest BCUT2D eigenvalue weighted by atomic mass is 9.85. The number of benzene rings is 1. The predicted molar refractivity (Wildman–Crippen MR) is 66.1 cm³/mol. The van der Waals surface area contributed by atoms with Crippen LogP contribution in [0.2, 0.25) is 0 Å². The second-order valence-corrected chi connectivity index (χ2v) is 4.83. The molecule has 0 unspecified atom stereocenters. The van der Waals surface area contributed by atoms with Gasteiger partial charge in [0, 0.05) is 12.1 Å². The third-order valence-electron chi connectivity index (χ3n) is 2.64.